The minimum absolute atomic E-state index is 0.0287. The van der Waals surface area contributed by atoms with Crippen LogP contribution in [0.25, 0.3) is 4.85 Å². The molecule has 29 heavy (non-hydrogen) atoms. The van der Waals surface area contributed by atoms with Crippen LogP contribution in [0.15, 0.2) is 36.4 Å². The van der Waals surface area contributed by atoms with Gasteiger partial charge in [0.05, 0.1) is 14.9 Å². The van der Waals surface area contributed by atoms with Gasteiger partial charge in [-0.2, -0.15) is 0 Å². The third-order valence-electron chi connectivity index (χ3n) is 4.73. The SMILES string of the molecule is [2H]c1cc([N+]#[C-])c(C)c([2H])c1N1C(=O)C(C)(C)N(c2ccc(C(=O)NC)c(F)c2)C1=S. The minimum Gasteiger partial charge on any atom is -0.355 e. The maximum absolute atomic E-state index is 14.6. The Balaban J connectivity index is 2.15. The Morgan fingerprint density at radius 2 is 2.03 bits per heavy atom. The lowest BCUT2D eigenvalue weighted by Gasteiger charge is -2.29. The number of benzene rings is 2. The van der Waals surface area contributed by atoms with Gasteiger partial charge in [-0.25, -0.2) is 9.24 Å². The van der Waals surface area contributed by atoms with Crippen LogP contribution in [0.3, 0.4) is 0 Å². The number of thiocarbonyl (C=S) groups is 1. The van der Waals surface area contributed by atoms with Gasteiger partial charge in [0.1, 0.15) is 11.4 Å². The molecule has 1 N–H and O–H groups in total. The van der Waals surface area contributed by atoms with E-state index in [4.69, 9.17) is 21.5 Å². The Morgan fingerprint density at radius 3 is 2.62 bits per heavy atom. The van der Waals surface area contributed by atoms with Gasteiger partial charge in [-0.3, -0.25) is 14.5 Å². The first-order chi connectivity index (χ1) is 14.5. The lowest BCUT2D eigenvalue weighted by molar-refractivity contribution is -0.120. The predicted octanol–water partition coefficient (Wildman–Crippen LogP) is 3.96. The van der Waals surface area contributed by atoms with E-state index in [9.17, 15) is 14.0 Å². The largest absolute Gasteiger partial charge is 0.355 e. The molecule has 148 valence electrons. The molecule has 0 aliphatic carbocycles. The standard InChI is InChI=1S/C21H19FN4O2S/c1-12-10-13(7-9-17(12)23-4)25-19(28)21(2,3)26(20(25)29)14-6-8-15(16(22)11-14)18(27)24-5/h6-11H,1-3,5H3,(H,24,27)/i7D,10D. The van der Waals surface area contributed by atoms with Crippen LogP contribution >= 0.6 is 12.2 Å². The number of amides is 2. The summed E-state index contributed by atoms with van der Waals surface area (Å²) in [6.07, 6.45) is 0. The quantitative estimate of drug-likeness (QED) is 0.612. The molecule has 0 spiro atoms. The van der Waals surface area contributed by atoms with E-state index < -0.39 is 23.2 Å². The zero-order chi connectivity index (χ0) is 23.2. The van der Waals surface area contributed by atoms with Crippen molar-refractivity contribution >= 4 is 46.2 Å². The fourth-order valence-corrected chi connectivity index (χ4v) is 3.65. The van der Waals surface area contributed by atoms with Gasteiger partial charge in [0, 0.05) is 18.4 Å². The summed E-state index contributed by atoms with van der Waals surface area (Å²) in [5.41, 5.74) is -0.692. The molecule has 0 radical (unpaired) electrons. The van der Waals surface area contributed by atoms with E-state index in [2.05, 4.69) is 10.2 Å². The van der Waals surface area contributed by atoms with E-state index in [-0.39, 0.29) is 39.8 Å². The summed E-state index contributed by atoms with van der Waals surface area (Å²) < 4.78 is 31.3. The Morgan fingerprint density at radius 1 is 1.34 bits per heavy atom. The van der Waals surface area contributed by atoms with Gasteiger partial charge in [-0.1, -0.05) is 6.07 Å². The summed E-state index contributed by atoms with van der Waals surface area (Å²) in [5, 5.41) is 2.33. The highest BCUT2D eigenvalue weighted by Crippen LogP contribution is 2.37. The lowest BCUT2D eigenvalue weighted by Crippen LogP contribution is -2.44. The average Bonchev–Trinajstić information content (AvgIpc) is 2.89. The van der Waals surface area contributed by atoms with Crippen molar-refractivity contribution in [3.63, 3.8) is 0 Å². The Hall–Kier alpha value is -3.31. The second-order valence-electron chi connectivity index (χ2n) is 6.95. The van der Waals surface area contributed by atoms with Crippen LogP contribution in [0.2, 0.25) is 0 Å². The van der Waals surface area contributed by atoms with Crippen molar-refractivity contribution in [2.75, 3.05) is 16.8 Å². The van der Waals surface area contributed by atoms with Gasteiger partial charge in [-0.05, 0) is 68.8 Å². The van der Waals surface area contributed by atoms with E-state index in [1.54, 1.807) is 20.8 Å². The second-order valence-corrected chi connectivity index (χ2v) is 7.31. The molecule has 1 aliphatic heterocycles. The third kappa shape index (κ3) is 3.23. The van der Waals surface area contributed by atoms with Gasteiger partial charge in [0.25, 0.3) is 11.8 Å². The number of anilines is 2. The van der Waals surface area contributed by atoms with E-state index >= 15 is 0 Å². The van der Waals surface area contributed by atoms with Crippen molar-refractivity contribution < 1.29 is 16.7 Å². The first kappa shape index (κ1) is 17.8. The topological polar surface area (TPSA) is 57.0 Å². The fraction of sp³-hybridized carbons (Fsp3) is 0.238. The molecule has 8 heteroatoms. The van der Waals surface area contributed by atoms with E-state index in [0.29, 0.717) is 5.56 Å². The van der Waals surface area contributed by atoms with E-state index in [0.717, 1.165) is 11.0 Å². The molecule has 1 saturated heterocycles. The maximum atomic E-state index is 14.6. The molecule has 2 amide bonds. The normalized spacial score (nSPS) is 16.4. The molecular weight excluding hydrogens is 391 g/mol. The monoisotopic (exact) mass is 412 g/mol. The van der Waals surface area contributed by atoms with Crippen molar-refractivity contribution in [1.29, 1.82) is 0 Å². The van der Waals surface area contributed by atoms with Gasteiger partial charge >= 0.3 is 0 Å². The van der Waals surface area contributed by atoms with Crippen LogP contribution < -0.4 is 15.1 Å². The van der Waals surface area contributed by atoms with Crippen LogP contribution in [0, 0.1) is 19.3 Å². The van der Waals surface area contributed by atoms with Crippen LogP contribution in [0.4, 0.5) is 21.5 Å². The fourth-order valence-electron chi connectivity index (χ4n) is 3.15. The highest BCUT2D eigenvalue weighted by Gasteiger charge is 2.50. The highest BCUT2D eigenvalue weighted by molar-refractivity contribution is 7.81. The lowest BCUT2D eigenvalue weighted by atomic mass is 10.0. The summed E-state index contributed by atoms with van der Waals surface area (Å²) >= 11 is 5.53. The Labute approximate surface area is 176 Å². The molecule has 6 nitrogen and oxygen atoms in total. The number of hydrogen-bond acceptors (Lipinski definition) is 3. The smallest absolute Gasteiger partial charge is 0.259 e. The molecule has 0 saturated carbocycles. The molecule has 0 bridgehead atoms. The molecule has 1 aliphatic rings. The number of carbonyl (C=O) groups excluding carboxylic acids is 2. The summed E-state index contributed by atoms with van der Waals surface area (Å²) in [6, 6.07) is 4.86. The zero-order valence-corrected chi connectivity index (χ0v) is 17.1. The molecule has 3 rings (SSSR count). The van der Waals surface area contributed by atoms with Crippen molar-refractivity contribution in [3.05, 3.63) is 64.7 Å². The number of hydrogen-bond donors (Lipinski definition) is 1. The number of carbonyl (C=O) groups is 2. The average molecular weight is 412 g/mol. The first-order valence-electron chi connectivity index (χ1n) is 9.66. The molecule has 2 aromatic rings. The van der Waals surface area contributed by atoms with Gasteiger partial charge in [0.15, 0.2) is 10.8 Å². The van der Waals surface area contributed by atoms with E-state index in [1.807, 2.05) is 0 Å². The molecule has 0 unspecified atom stereocenters. The summed E-state index contributed by atoms with van der Waals surface area (Å²) in [4.78, 5) is 30.9. The predicted molar refractivity (Wildman–Crippen MR) is 114 cm³/mol. The van der Waals surface area contributed by atoms with Crippen molar-refractivity contribution in [2.24, 2.45) is 0 Å². The summed E-state index contributed by atoms with van der Waals surface area (Å²) in [6.45, 7) is 12.0. The number of nitrogens with zero attached hydrogens (tertiary/aromatic N) is 3. The molecule has 1 fully saturated rings. The van der Waals surface area contributed by atoms with Crippen LogP contribution in [-0.4, -0.2) is 29.5 Å². The number of halogens is 1. The van der Waals surface area contributed by atoms with Gasteiger partial charge in [-0.15, -0.1) is 0 Å². The van der Waals surface area contributed by atoms with Crippen LogP contribution in [0.1, 0.15) is 32.5 Å². The van der Waals surface area contributed by atoms with Crippen molar-refractivity contribution in [2.45, 2.75) is 26.3 Å². The Bertz CT molecular complexity index is 1190. The van der Waals surface area contributed by atoms with Crippen molar-refractivity contribution in [1.82, 2.24) is 5.32 Å². The number of rotatable bonds is 3. The second kappa shape index (κ2) is 7.26. The van der Waals surface area contributed by atoms with E-state index in [1.165, 1.54) is 30.1 Å². The number of nitrogens with one attached hydrogen (secondary N) is 1. The van der Waals surface area contributed by atoms with Gasteiger partial charge < -0.3 is 10.2 Å². The molecule has 1 heterocycles. The maximum Gasteiger partial charge on any atom is 0.259 e. The van der Waals surface area contributed by atoms with Crippen LogP contribution in [0.5, 0.6) is 0 Å². The Kier molecular flexibility index (Phi) is 4.45. The first-order valence-corrected chi connectivity index (χ1v) is 9.06. The van der Waals surface area contributed by atoms with Crippen molar-refractivity contribution in [3.8, 4) is 0 Å². The highest BCUT2D eigenvalue weighted by atomic mass is 32.1. The zero-order valence-electron chi connectivity index (χ0n) is 18.3. The third-order valence-corrected chi connectivity index (χ3v) is 5.10. The van der Waals surface area contributed by atoms with Gasteiger partial charge in [0.2, 0.25) is 0 Å². The summed E-state index contributed by atoms with van der Waals surface area (Å²) in [7, 11) is 1.39. The summed E-state index contributed by atoms with van der Waals surface area (Å²) in [5.74, 6) is -1.86. The molecule has 0 atom stereocenters. The molecule has 0 aromatic heterocycles. The minimum atomic E-state index is -1.25. The molecular formula is C21H19FN4O2S. The molecule has 2 aromatic carbocycles. The van der Waals surface area contributed by atoms with Crippen LogP contribution in [-0.2, 0) is 4.79 Å².